The highest BCUT2D eigenvalue weighted by Gasteiger charge is 2.21. The lowest BCUT2D eigenvalue weighted by Gasteiger charge is -2.26. The topological polar surface area (TPSA) is 44.5 Å². The Morgan fingerprint density at radius 2 is 2.44 bits per heavy atom. The fourth-order valence-electron chi connectivity index (χ4n) is 1.03. The Morgan fingerprint density at radius 3 is 2.89 bits per heavy atom. The Kier molecular flexibility index (Phi) is 2.45. The van der Waals surface area contributed by atoms with Gasteiger partial charge in [0.2, 0.25) is 0 Å². The zero-order valence-electron chi connectivity index (χ0n) is 5.67. The summed E-state index contributed by atoms with van der Waals surface area (Å²) in [5.41, 5.74) is 5.64. The van der Waals surface area contributed by atoms with E-state index in [1.54, 1.807) is 7.11 Å². The fourth-order valence-corrected chi connectivity index (χ4v) is 1.03. The molecule has 54 valence electrons. The largest absolute Gasteiger partial charge is 0.380 e. The normalized spacial score (nSPS) is 36.7. The molecule has 0 aromatic rings. The molecule has 0 amide bonds. The number of hydrogen-bond donors (Lipinski definition) is 1. The first kappa shape index (κ1) is 6.99. The molecule has 1 aliphatic heterocycles. The van der Waals surface area contributed by atoms with E-state index in [0.29, 0.717) is 6.61 Å². The van der Waals surface area contributed by atoms with E-state index in [2.05, 4.69) is 0 Å². The van der Waals surface area contributed by atoms with Gasteiger partial charge in [-0.3, -0.25) is 0 Å². The Hall–Kier alpha value is -0.120. The molecule has 1 saturated heterocycles. The van der Waals surface area contributed by atoms with E-state index in [1.165, 1.54) is 0 Å². The Labute approximate surface area is 55.1 Å². The van der Waals surface area contributed by atoms with Crippen molar-refractivity contribution in [3.8, 4) is 0 Å². The first-order chi connectivity index (χ1) is 4.34. The Balaban J connectivity index is 2.30. The molecule has 1 aliphatic rings. The smallest absolute Gasteiger partial charge is 0.0766 e. The predicted octanol–water partition coefficient (Wildman–Crippen LogP) is -0.251. The summed E-state index contributed by atoms with van der Waals surface area (Å²) in [5.74, 6) is 0. The molecule has 3 nitrogen and oxygen atoms in total. The summed E-state index contributed by atoms with van der Waals surface area (Å²) in [6, 6.07) is 0.0729. The van der Waals surface area contributed by atoms with Crippen molar-refractivity contribution < 1.29 is 9.47 Å². The van der Waals surface area contributed by atoms with Gasteiger partial charge in [0.15, 0.2) is 0 Å². The number of ether oxygens (including phenoxy) is 2. The molecular formula is C6H13NO2. The lowest BCUT2D eigenvalue weighted by Crippen LogP contribution is -2.44. The van der Waals surface area contributed by atoms with Crippen LogP contribution in [0.3, 0.4) is 0 Å². The average molecular weight is 131 g/mol. The highest BCUT2D eigenvalue weighted by Crippen LogP contribution is 2.07. The van der Waals surface area contributed by atoms with Gasteiger partial charge >= 0.3 is 0 Å². The molecule has 3 heteroatoms. The third-order valence-corrected chi connectivity index (χ3v) is 1.64. The van der Waals surface area contributed by atoms with Crippen molar-refractivity contribution in [2.75, 3.05) is 20.3 Å². The van der Waals surface area contributed by atoms with Crippen molar-refractivity contribution in [2.45, 2.75) is 18.6 Å². The van der Waals surface area contributed by atoms with Crippen LogP contribution in [-0.4, -0.2) is 32.5 Å². The second-order valence-electron chi connectivity index (χ2n) is 2.30. The summed E-state index contributed by atoms with van der Waals surface area (Å²) in [4.78, 5) is 0. The fraction of sp³-hybridized carbons (Fsp3) is 1.00. The Bertz CT molecular complexity index is 87.1. The van der Waals surface area contributed by atoms with Crippen molar-refractivity contribution in [1.82, 2.24) is 0 Å². The van der Waals surface area contributed by atoms with Crippen LogP contribution in [0.1, 0.15) is 6.42 Å². The van der Waals surface area contributed by atoms with Gasteiger partial charge in [-0.25, -0.2) is 0 Å². The van der Waals surface area contributed by atoms with Crippen LogP contribution in [0.5, 0.6) is 0 Å². The molecule has 0 bridgehead atoms. The molecule has 0 saturated carbocycles. The molecule has 0 aliphatic carbocycles. The summed E-state index contributed by atoms with van der Waals surface area (Å²) in [6.07, 6.45) is 1.14. The van der Waals surface area contributed by atoms with Gasteiger partial charge in [-0.15, -0.1) is 0 Å². The minimum Gasteiger partial charge on any atom is -0.380 e. The van der Waals surface area contributed by atoms with E-state index in [0.717, 1.165) is 13.0 Å². The van der Waals surface area contributed by atoms with Crippen molar-refractivity contribution >= 4 is 0 Å². The van der Waals surface area contributed by atoms with Crippen LogP contribution in [0.25, 0.3) is 0 Å². The molecule has 2 N–H and O–H groups in total. The number of rotatable bonds is 1. The number of hydrogen-bond acceptors (Lipinski definition) is 3. The summed E-state index contributed by atoms with van der Waals surface area (Å²) in [6.45, 7) is 1.42. The van der Waals surface area contributed by atoms with Crippen molar-refractivity contribution in [3.05, 3.63) is 0 Å². The standard InChI is InChI=1S/C6H13NO2/c1-8-6-2-3-9-4-5(6)7/h5-6H,2-4,7H2,1H3/t5-,6-/m1/s1. The maximum atomic E-state index is 5.64. The summed E-state index contributed by atoms with van der Waals surface area (Å²) < 4.78 is 10.2. The van der Waals surface area contributed by atoms with Crippen molar-refractivity contribution in [3.63, 3.8) is 0 Å². The quantitative estimate of drug-likeness (QED) is 0.533. The second kappa shape index (κ2) is 3.15. The maximum Gasteiger partial charge on any atom is 0.0766 e. The van der Waals surface area contributed by atoms with Crippen LogP contribution in [0, 0.1) is 0 Å². The van der Waals surface area contributed by atoms with Crippen LogP contribution in [0.4, 0.5) is 0 Å². The minimum absolute atomic E-state index is 0.0729. The molecule has 1 rings (SSSR count). The molecule has 0 aromatic carbocycles. The van der Waals surface area contributed by atoms with Crippen LogP contribution in [0.2, 0.25) is 0 Å². The van der Waals surface area contributed by atoms with Gasteiger partial charge in [0.05, 0.1) is 18.8 Å². The number of methoxy groups -OCH3 is 1. The highest BCUT2D eigenvalue weighted by molar-refractivity contribution is 4.75. The monoisotopic (exact) mass is 131 g/mol. The minimum atomic E-state index is 0.0729. The second-order valence-corrected chi connectivity index (χ2v) is 2.30. The third kappa shape index (κ3) is 1.64. The van der Waals surface area contributed by atoms with E-state index in [4.69, 9.17) is 15.2 Å². The summed E-state index contributed by atoms with van der Waals surface area (Å²) >= 11 is 0. The molecule has 1 heterocycles. The lowest BCUT2D eigenvalue weighted by atomic mass is 10.1. The maximum absolute atomic E-state index is 5.64. The SMILES string of the molecule is CO[C@@H]1CCOC[C@H]1N. The first-order valence-corrected chi connectivity index (χ1v) is 3.20. The molecule has 2 atom stereocenters. The summed E-state index contributed by atoms with van der Waals surface area (Å²) in [7, 11) is 1.69. The van der Waals surface area contributed by atoms with E-state index in [-0.39, 0.29) is 12.1 Å². The van der Waals surface area contributed by atoms with Gasteiger partial charge < -0.3 is 15.2 Å². The van der Waals surface area contributed by atoms with E-state index >= 15 is 0 Å². The summed E-state index contributed by atoms with van der Waals surface area (Å²) in [5, 5.41) is 0. The van der Waals surface area contributed by atoms with Gasteiger partial charge in [-0.1, -0.05) is 0 Å². The van der Waals surface area contributed by atoms with Gasteiger partial charge in [0, 0.05) is 13.7 Å². The van der Waals surface area contributed by atoms with Crippen molar-refractivity contribution in [1.29, 1.82) is 0 Å². The van der Waals surface area contributed by atoms with E-state index in [9.17, 15) is 0 Å². The van der Waals surface area contributed by atoms with Gasteiger partial charge in [-0.05, 0) is 6.42 Å². The third-order valence-electron chi connectivity index (χ3n) is 1.64. The van der Waals surface area contributed by atoms with Crippen LogP contribution in [0.15, 0.2) is 0 Å². The van der Waals surface area contributed by atoms with E-state index < -0.39 is 0 Å². The zero-order valence-corrected chi connectivity index (χ0v) is 5.67. The van der Waals surface area contributed by atoms with Gasteiger partial charge in [0.1, 0.15) is 0 Å². The highest BCUT2D eigenvalue weighted by atomic mass is 16.5. The van der Waals surface area contributed by atoms with Crippen molar-refractivity contribution in [2.24, 2.45) is 5.73 Å². The molecule has 0 radical (unpaired) electrons. The van der Waals surface area contributed by atoms with Crippen LogP contribution >= 0.6 is 0 Å². The van der Waals surface area contributed by atoms with Crippen LogP contribution in [-0.2, 0) is 9.47 Å². The first-order valence-electron chi connectivity index (χ1n) is 3.20. The molecule has 0 aromatic heterocycles. The van der Waals surface area contributed by atoms with Crippen LogP contribution < -0.4 is 5.73 Å². The lowest BCUT2D eigenvalue weighted by molar-refractivity contribution is -0.0258. The molecule has 0 unspecified atom stereocenters. The van der Waals surface area contributed by atoms with E-state index in [1.807, 2.05) is 0 Å². The Morgan fingerprint density at radius 1 is 1.67 bits per heavy atom. The molecule has 0 spiro atoms. The average Bonchev–Trinajstić information content (AvgIpc) is 1.89. The van der Waals surface area contributed by atoms with Gasteiger partial charge in [0.25, 0.3) is 0 Å². The van der Waals surface area contributed by atoms with Gasteiger partial charge in [-0.2, -0.15) is 0 Å². The molecule has 9 heavy (non-hydrogen) atoms. The predicted molar refractivity (Wildman–Crippen MR) is 34.2 cm³/mol. The molecular weight excluding hydrogens is 118 g/mol. The zero-order chi connectivity index (χ0) is 6.69. The number of nitrogens with two attached hydrogens (primary N) is 1. The molecule has 1 fully saturated rings.